The summed E-state index contributed by atoms with van der Waals surface area (Å²) < 4.78 is 12.6. The lowest BCUT2D eigenvalue weighted by molar-refractivity contribution is 0.262. The number of methoxy groups -OCH3 is 1. The zero-order valence-electron chi connectivity index (χ0n) is 19.8. The molecule has 0 aliphatic rings. The highest BCUT2D eigenvalue weighted by Crippen LogP contribution is 2.24. The predicted molar refractivity (Wildman–Crippen MR) is 137 cm³/mol. The van der Waals surface area contributed by atoms with Gasteiger partial charge in [-0.1, -0.05) is 47.6 Å². The van der Waals surface area contributed by atoms with E-state index >= 15 is 0 Å². The number of nitrogens with zero attached hydrogens (tertiary/aromatic N) is 4. The summed E-state index contributed by atoms with van der Waals surface area (Å²) in [5.41, 5.74) is 4.98. The Balaban J connectivity index is 1.20. The molecule has 5 aromatic rings. The van der Waals surface area contributed by atoms with Crippen LogP contribution >= 0.6 is 0 Å². The molecule has 2 aromatic heterocycles. The Morgan fingerprint density at radius 3 is 2.61 bits per heavy atom. The second-order valence-electron chi connectivity index (χ2n) is 8.18. The molecule has 5 rings (SSSR count). The van der Waals surface area contributed by atoms with Gasteiger partial charge in [-0.3, -0.25) is 0 Å². The molecule has 0 saturated heterocycles. The van der Waals surface area contributed by atoms with Gasteiger partial charge in [0.15, 0.2) is 0 Å². The molecule has 9 heteroatoms. The average molecular weight is 481 g/mol. The molecular formula is C27H24N6O3. The second-order valence-corrected chi connectivity index (χ2v) is 8.18. The third-order valence-corrected chi connectivity index (χ3v) is 5.57. The standard InChI is InChI=1S/C27H24N6O3/c1-18-6-3-4-9-23(18)25-31-26(36-32-25)24-16-33(17-28-24)15-19-10-12-20(13-11-19)29-27(34)30-21-7-5-8-22(14-21)35-2/h3-14,16-17H,15H2,1-2H3,(H2,29,30,34). The SMILES string of the molecule is COc1cccc(NC(=O)Nc2ccc(Cn3cnc(-c4nc(-c5ccccc5C)no4)c3)cc2)c1. The molecule has 0 aliphatic carbocycles. The average Bonchev–Trinajstić information content (AvgIpc) is 3.55. The normalized spacial score (nSPS) is 10.7. The lowest BCUT2D eigenvalue weighted by atomic mass is 10.1. The molecule has 0 spiro atoms. The van der Waals surface area contributed by atoms with Crippen molar-refractivity contribution in [2.45, 2.75) is 13.5 Å². The third kappa shape index (κ3) is 5.25. The maximum Gasteiger partial charge on any atom is 0.323 e. The molecule has 3 aromatic carbocycles. The number of amides is 2. The molecule has 2 heterocycles. The Morgan fingerprint density at radius 1 is 1.00 bits per heavy atom. The van der Waals surface area contributed by atoms with Gasteiger partial charge in [0.1, 0.15) is 11.4 Å². The van der Waals surface area contributed by atoms with Crippen molar-refractivity contribution < 1.29 is 14.1 Å². The number of benzene rings is 3. The Bertz CT molecular complexity index is 1490. The van der Waals surface area contributed by atoms with E-state index in [0.717, 1.165) is 16.7 Å². The maximum atomic E-state index is 12.3. The lowest BCUT2D eigenvalue weighted by Gasteiger charge is -2.09. The molecule has 36 heavy (non-hydrogen) atoms. The van der Waals surface area contributed by atoms with Gasteiger partial charge in [0.05, 0.1) is 13.4 Å². The second kappa shape index (κ2) is 10.1. The van der Waals surface area contributed by atoms with Crippen LogP contribution < -0.4 is 15.4 Å². The quantitative estimate of drug-likeness (QED) is 0.314. The van der Waals surface area contributed by atoms with Crippen LogP contribution in [-0.4, -0.2) is 32.8 Å². The number of aryl methyl sites for hydroxylation is 1. The number of rotatable bonds is 7. The van der Waals surface area contributed by atoms with Crippen molar-refractivity contribution in [1.82, 2.24) is 19.7 Å². The summed E-state index contributed by atoms with van der Waals surface area (Å²) in [6.07, 6.45) is 3.59. The highest BCUT2D eigenvalue weighted by molar-refractivity contribution is 5.99. The maximum absolute atomic E-state index is 12.3. The summed E-state index contributed by atoms with van der Waals surface area (Å²) in [7, 11) is 1.58. The van der Waals surface area contributed by atoms with Crippen LogP contribution in [0, 0.1) is 6.92 Å². The Labute approximate surface area is 207 Å². The number of hydrogen-bond acceptors (Lipinski definition) is 6. The number of urea groups is 1. The Morgan fingerprint density at radius 2 is 1.81 bits per heavy atom. The van der Waals surface area contributed by atoms with Crippen LogP contribution in [0.3, 0.4) is 0 Å². The minimum atomic E-state index is -0.333. The van der Waals surface area contributed by atoms with Gasteiger partial charge in [-0.05, 0) is 42.3 Å². The minimum absolute atomic E-state index is 0.333. The molecule has 0 aliphatic heterocycles. The molecule has 0 saturated carbocycles. The third-order valence-electron chi connectivity index (χ3n) is 5.57. The van der Waals surface area contributed by atoms with E-state index in [1.165, 1.54) is 0 Å². The zero-order chi connectivity index (χ0) is 24.9. The number of ether oxygens (including phenoxy) is 1. The fourth-order valence-corrected chi connectivity index (χ4v) is 3.72. The van der Waals surface area contributed by atoms with Crippen LogP contribution in [0.4, 0.5) is 16.2 Å². The van der Waals surface area contributed by atoms with Crippen molar-refractivity contribution in [2.24, 2.45) is 0 Å². The van der Waals surface area contributed by atoms with E-state index in [-0.39, 0.29) is 6.03 Å². The molecule has 0 atom stereocenters. The van der Waals surface area contributed by atoms with Gasteiger partial charge in [-0.15, -0.1) is 0 Å². The highest BCUT2D eigenvalue weighted by atomic mass is 16.5. The van der Waals surface area contributed by atoms with Crippen molar-refractivity contribution in [3.63, 3.8) is 0 Å². The summed E-state index contributed by atoms with van der Waals surface area (Å²) in [5, 5.41) is 9.72. The van der Waals surface area contributed by atoms with E-state index in [1.54, 1.807) is 25.6 Å². The molecule has 0 fully saturated rings. The minimum Gasteiger partial charge on any atom is -0.497 e. The van der Waals surface area contributed by atoms with Gasteiger partial charge >= 0.3 is 6.03 Å². The molecular weight excluding hydrogens is 456 g/mol. The van der Waals surface area contributed by atoms with Crippen molar-refractivity contribution in [3.8, 4) is 28.7 Å². The lowest BCUT2D eigenvalue weighted by Crippen LogP contribution is -2.19. The van der Waals surface area contributed by atoms with E-state index in [4.69, 9.17) is 9.26 Å². The first-order chi connectivity index (χ1) is 17.6. The zero-order valence-corrected chi connectivity index (χ0v) is 19.8. The summed E-state index contributed by atoms with van der Waals surface area (Å²) in [6.45, 7) is 2.61. The fraction of sp³-hybridized carbons (Fsp3) is 0.111. The topological polar surface area (TPSA) is 107 Å². The number of nitrogens with one attached hydrogen (secondary N) is 2. The van der Waals surface area contributed by atoms with Crippen LogP contribution in [0.5, 0.6) is 5.75 Å². The van der Waals surface area contributed by atoms with Crippen molar-refractivity contribution in [1.29, 1.82) is 0 Å². The number of carbonyl (C=O) groups excluding carboxylic acids is 1. The van der Waals surface area contributed by atoms with Crippen LogP contribution in [0.15, 0.2) is 89.8 Å². The Kier molecular flexibility index (Phi) is 6.44. The first-order valence-electron chi connectivity index (χ1n) is 11.3. The largest absolute Gasteiger partial charge is 0.497 e. The molecule has 0 radical (unpaired) electrons. The number of anilines is 2. The van der Waals surface area contributed by atoms with E-state index in [0.29, 0.717) is 41.1 Å². The van der Waals surface area contributed by atoms with E-state index in [9.17, 15) is 4.79 Å². The first kappa shape index (κ1) is 22.9. The van der Waals surface area contributed by atoms with Gasteiger partial charge in [-0.25, -0.2) is 9.78 Å². The summed E-state index contributed by atoms with van der Waals surface area (Å²) in [5.74, 6) is 1.58. The summed E-state index contributed by atoms with van der Waals surface area (Å²) in [6, 6.07) is 22.3. The monoisotopic (exact) mass is 480 g/mol. The van der Waals surface area contributed by atoms with Gasteiger partial charge in [0.25, 0.3) is 5.89 Å². The molecule has 0 bridgehead atoms. The van der Waals surface area contributed by atoms with Gasteiger partial charge in [-0.2, -0.15) is 4.98 Å². The van der Waals surface area contributed by atoms with E-state index < -0.39 is 0 Å². The Hall–Kier alpha value is -4.92. The van der Waals surface area contributed by atoms with Crippen molar-refractivity contribution >= 4 is 17.4 Å². The molecule has 2 amide bonds. The van der Waals surface area contributed by atoms with Gasteiger partial charge in [0.2, 0.25) is 5.82 Å². The molecule has 9 nitrogen and oxygen atoms in total. The van der Waals surface area contributed by atoms with Crippen LogP contribution in [0.25, 0.3) is 23.0 Å². The van der Waals surface area contributed by atoms with E-state index in [1.807, 2.05) is 78.4 Å². The molecule has 180 valence electrons. The smallest absolute Gasteiger partial charge is 0.323 e. The van der Waals surface area contributed by atoms with Crippen LogP contribution in [0.1, 0.15) is 11.1 Å². The molecule has 0 unspecified atom stereocenters. The summed E-state index contributed by atoms with van der Waals surface area (Å²) in [4.78, 5) is 21.2. The van der Waals surface area contributed by atoms with Crippen LogP contribution in [0.2, 0.25) is 0 Å². The van der Waals surface area contributed by atoms with Crippen LogP contribution in [-0.2, 0) is 6.54 Å². The first-order valence-corrected chi connectivity index (χ1v) is 11.3. The summed E-state index contributed by atoms with van der Waals surface area (Å²) >= 11 is 0. The number of hydrogen-bond donors (Lipinski definition) is 2. The number of aromatic nitrogens is 4. The molecule has 2 N–H and O–H groups in total. The fourth-order valence-electron chi connectivity index (χ4n) is 3.72. The number of imidazole rings is 1. The van der Waals surface area contributed by atoms with E-state index in [2.05, 4.69) is 25.8 Å². The van der Waals surface area contributed by atoms with Crippen molar-refractivity contribution in [2.75, 3.05) is 17.7 Å². The number of carbonyl (C=O) groups is 1. The van der Waals surface area contributed by atoms with Gasteiger partial charge in [0, 0.05) is 35.7 Å². The highest BCUT2D eigenvalue weighted by Gasteiger charge is 2.14. The van der Waals surface area contributed by atoms with Crippen molar-refractivity contribution in [3.05, 3.63) is 96.4 Å². The predicted octanol–water partition coefficient (Wildman–Crippen LogP) is 5.61. The van der Waals surface area contributed by atoms with Gasteiger partial charge < -0.3 is 24.5 Å².